The minimum absolute atomic E-state index is 0.0233. The summed E-state index contributed by atoms with van der Waals surface area (Å²) < 4.78 is 2.14. The summed E-state index contributed by atoms with van der Waals surface area (Å²) in [5.74, 6) is 1.10. The third-order valence-corrected chi connectivity index (χ3v) is 7.12. The lowest BCUT2D eigenvalue weighted by Gasteiger charge is -2.24. The summed E-state index contributed by atoms with van der Waals surface area (Å²) in [5.41, 5.74) is 10.7. The molecule has 2 fully saturated rings. The number of pyridine rings is 1. The van der Waals surface area contributed by atoms with Gasteiger partial charge in [0.25, 0.3) is 0 Å². The molecule has 4 N–H and O–H groups in total. The molecule has 8 nitrogen and oxygen atoms in total. The molecule has 2 saturated heterocycles. The van der Waals surface area contributed by atoms with Crippen molar-refractivity contribution in [1.29, 1.82) is 0 Å². The molecule has 30 heavy (non-hydrogen) atoms. The van der Waals surface area contributed by atoms with Crippen LogP contribution in [0.5, 0.6) is 0 Å². The second-order valence-corrected chi connectivity index (χ2v) is 8.90. The Labute approximate surface area is 177 Å². The topological polar surface area (TPSA) is 101 Å². The molecule has 2 aromatic heterocycles. The number of hydrogen-bond donors (Lipinski definition) is 3. The number of aromatic nitrogens is 3. The van der Waals surface area contributed by atoms with Crippen LogP contribution in [0.3, 0.4) is 0 Å². The minimum Gasteiger partial charge on any atom is -0.383 e. The highest BCUT2D eigenvalue weighted by atomic mass is 16.2. The molecule has 8 heteroatoms. The van der Waals surface area contributed by atoms with E-state index in [0.717, 1.165) is 75.2 Å². The van der Waals surface area contributed by atoms with Crippen LogP contribution in [0.2, 0.25) is 0 Å². The average Bonchev–Trinajstić information content (AvgIpc) is 3.46. The van der Waals surface area contributed by atoms with Gasteiger partial charge in [0.15, 0.2) is 0 Å². The number of anilines is 1. The summed E-state index contributed by atoms with van der Waals surface area (Å²) >= 11 is 0. The Balaban J connectivity index is 1.41. The van der Waals surface area contributed by atoms with Crippen molar-refractivity contribution >= 4 is 11.8 Å². The number of piperidine rings is 1. The van der Waals surface area contributed by atoms with Crippen LogP contribution in [0.15, 0.2) is 18.3 Å². The number of nitrogen functional groups attached to an aromatic ring is 1. The van der Waals surface area contributed by atoms with Crippen molar-refractivity contribution in [3.63, 3.8) is 0 Å². The zero-order valence-corrected chi connectivity index (χ0v) is 17.7. The fourth-order valence-electron chi connectivity index (χ4n) is 5.42. The van der Waals surface area contributed by atoms with E-state index >= 15 is 0 Å². The number of urea groups is 1. The monoisotopic (exact) mass is 409 g/mol. The van der Waals surface area contributed by atoms with Gasteiger partial charge in [-0.15, -0.1) is 0 Å². The standard InChI is InChI=1S/C22H31N7O/c1-2-25-21(30)28-9-5-22(14-28)6-10-29-19(22)12-18(27-29)16-11-17(20(23)26-13-16)15-3-7-24-8-4-15/h11-13,15,24H,2-10,14H2,1H3,(H2,23,26)(H,25,30). The second-order valence-electron chi connectivity index (χ2n) is 8.90. The van der Waals surface area contributed by atoms with Crippen molar-refractivity contribution in [2.45, 2.75) is 50.5 Å². The highest BCUT2D eigenvalue weighted by Crippen LogP contribution is 2.44. The van der Waals surface area contributed by atoms with E-state index in [2.05, 4.69) is 32.4 Å². The second kappa shape index (κ2) is 7.58. The number of rotatable bonds is 3. The normalized spacial score (nSPS) is 23.8. The zero-order chi connectivity index (χ0) is 20.7. The van der Waals surface area contributed by atoms with E-state index in [1.807, 2.05) is 18.0 Å². The van der Waals surface area contributed by atoms with Gasteiger partial charge in [0.1, 0.15) is 5.82 Å². The quantitative estimate of drug-likeness (QED) is 0.720. The molecule has 2 amide bonds. The van der Waals surface area contributed by atoms with Gasteiger partial charge in [0.2, 0.25) is 0 Å². The lowest BCUT2D eigenvalue weighted by molar-refractivity contribution is 0.206. The first-order valence-corrected chi connectivity index (χ1v) is 11.2. The van der Waals surface area contributed by atoms with Crippen LogP contribution in [0.25, 0.3) is 11.3 Å². The van der Waals surface area contributed by atoms with Gasteiger partial charge < -0.3 is 21.3 Å². The van der Waals surface area contributed by atoms with Gasteiger partial charge in [-0.1, -0.05) is 0 Å². The third-order valence-electron chi connectivity index (χ3n) is 7.12. The summed E-state index contributed by atoms with van der Waals surface area (Å²) in [6.07, 6.45) is 6.07. The third kappa shape index (κ3) is 3.23. The molecule has 0 aromatic carbocycles. The summed E-state index contributed by atoms with van der Waals surface area (Å²) in [5, 5.41) is 11.3. The molecule has 2 aromatic rings. The van der Waals surface area contributed by atoms with Gasteiger partial charge in [-0.25, -0.2) is 9.78 Å². The molecule has 5 heterocycles. The number of amides is 2. The number of fused-ring (bicyclic) bond motifs is 2. The van der Waals surface area contributed by atoms with Crippen molar-refractivity contribution in [3.05, 3.63) is 29.6 Å². The molecule has 3 aliphatic rings. The summed E-state index contributed by atoms with van der Waals surface area (Å²) in [6.45, 7) is 7.14. The molecule has 0 radical (unpaired) electrons. The van der Waals surface area contributed by atoms with E-state index in [1.54, 1.807) is 0 Å². The fourth-order valence-corrected chi connectivity index (χ4v) is 5.42. The number of carbonyl (C=O) groups excluding carboxylic acids is 1. The first-order chi connectivity index (χ1) is 14.6. The van der Waals surface area contributed by atoms with Crippen LogP contribution in [-0.2, 0) is 12.0 Å². The smallest absolute Gasteiger partial charge is 0.317 e. The molecule has 5 rings (SSSR count). The number of nitrogens with two attached hydrogens (primary N) is 1. The number of hydrogen-bond acceptors (Lipinski definition) is 5. The largest absolute Gasteiger partial charge is 0.383 e. The van der Waals surface area contributed by atoms with Crippen molar-refractivity contribution in [2.24, 2.45) is 0 Å². The van der Waals surface area contributed by atoms with Crippen molar-refractivity contribution in [3.8, 4) is 11.3 Å². The molecule has 0 aliphatic carbocycles. The average molecular weight is 410 g/mol. The van der Waals surface area contributed by atoms with Gasteiger partial charge in [0.05, 0.1) is 5.69 Å². The number of nitrogens with zero attached hydrogens (tertiary/aromatic N) is 4. The molecular formula is C22H31N7O. The number of likely N-dealkylation sites (tertiary alicyclic amines) is 1. The predicted molar refractivity (Wildman–Crippen MR) is 116 cm³/mol. The molecule has 1 atom stereocenters. The summed E-state index contributed by atoms with van der Waals surface area (Å²) in [4.78, 5) is 18.8. The first kappa shape index (κ1) is 19.4. The van der Waals surface area contributed by atoms with E-state index in [4.69, 9.17) is 10.8 Å². The Bertz CT molecular complexity index is 949. The predicted octanol–water partition coefficient (Wildman–Crippen LogP) is 2.07. The molecular weight excluding hydrogens is 378 g/mol. The van der Waals surface area contributed by atoms with E-state index in [0.29, 0.717) is 18.3 Å². The van der Waals surface area contributed by atoms with Crippen LogP contribution in [0, 0.1) is 0 Å². The van der Waals surface area contributed by atoms with E-state index in [1.165, 1.54) is 5.69 Å². The number of nitrogens with one attached hydrogen (secondary N) is 2. The van der Waals surface area contributed by atoms with E-state index in [9.17, 15) is 4.79 Å². The van der Waals surface area contributed by atoms with E-state index in [-0.39, 0.29) is 11.4 Å². The summed E-state index contributed by atoms with van der Waals surface area (Å²) in [6, 6.07) is 4.45. The SMILES string of the molecule is CCNC(=O)N1CCC2(CCn3nc(-c4cnc(N)c(C5CCNCC5)c4)cc32)C1. The maximum absolute atomic E-state index is 12.3. The van der Waals surface area contributed by atoms with Crippen LogP contribution in [0.4, 0.5) is 10.6 Å². The molecule has 3 aliphatic heterocycles. The minimum atomic E-state index is 0.0233. The highest BCUT2D eigenvalue weighted by Gasteiger charge is 2.46. The number of aryl methyl sites for hydroxylation is 1. The van der Waals surface area contributed by atoms with Gasteiger partial charge in [-0.2, -0.15) is 5.10 Å². The molecule has 0 bridgehead atoms. The van der Waals surface area contributed by atoms with Crippen molar-refractivity contribution in [2.75, 3.05) is 38.5 Å². The summed E-state index contributed by atoms with van der Waals surface area (Å²) in [7, 11) is 0. The lowest BCUT2D eigenvalue weighted by Crippen LogP contribution is -2.40. The Hall–Kier alpha value is -2.61. The Kier molecular flexibility index (Phi) is 4.89. The fraction of sp³-hybridized carbons (Fsp3) is 0.591. The zero-order valence-electron chi connectivity index (χ0n) is 17.7. The molecule has 1 spiro atoms. The van der Waals surface area contributed by atoms with Crippen molar-refractivity contribution in [1.82, 2.24) is 30.3 Å². The van der Waals surface area contributed by atoms with E-state index < -0.39 is 0 Å². The molecule has 0 saturated carbocycles. The Morgan fingerprint density at radius 2 is 2.10 bits per heavy atom. The first-order valence-electron chi connectivity index (χ1n) is 11.2. The van der Waals surface area contributed by atoms with Crippen molar-refractivity contribution < 1.29 is 4.79 Å². The van der Waals surface area contributed by atoms with Gasteiger partial charge in [-0.3, -0.25) is 4.68 Å². The van der Waals surface area contributed by atoms with Crippen LogP contribution >= 0.6 is 0 Å². The van der Waals surface area contributed by atoms with Gasteiger partial charge in [0, 0.05) is 49.0 Å². The Morgan fingerprint density at radius 1 is 1.30 bits per heavy atom. The maximum Gasteiger partial charge on any atom is 0.317 e. The molecule has 1 unspecified atom stereocenters. The van der Waals surface area contributed by atoms with Crippen LogP contribution in [-0.4, -0.2) is 58.4 Å². The highest BCUT2D eigenvalue weighted by molar-refractivity contribution is 5.75. The van der Waals surface area contributed by atoms with Gasteiger partial charge in [-0.05, 0) is 69.3 Å². The lowest BCUT2D eigenvalue weighted by atomic mass is 9.82. The van der Waals surface area contributed by atoms with Crippen LogP contribution in [0.1, 0.15) is 49.8 Å². The van der Waals surface area contributed by atoms with Crippen LogP contribution < -0.4 is 16.4 Å². The van der Waals surface area contributed by atoms with Gasteiger partial charge >= 0.3 is 6.03 Å². The Morgan fingerprint density at radius 3 is 2.90 bits per heavy atom. The molecule has 160 valence electrons. The number of carbonyl (C=O) groups is 1. The maximum atomic E-state index is 12.3.